The SMILES string of the molecule is Clc1cccc(-c2noc(CCNc3ncncc3Cl)n2)c1. The molecule has 3 aromatic rings. The summed E-state index contributed by atoms with van der Waals surface area (Å²) in [6, 6.07) is 7.29. The summed E-state index contributed by atoms with van der Waals surface area (Å²) in [7, 11) is 0. The van der Waals surface area contributed by atoms with Crippen molar-refractivity contribution in [2.45, 2.75) is 6.42 Å². The Bertz CT molecular complexity index is 777. The minimum absolute atomic E-state index is 0.465. The van der Waals surface area contributed by atoms with E-state index in [4.69, 9.17) is 27.7 Å². The highest BCUT2D eigenvalue weighted by molar-refractivity contribution is 6.32. The van der Waals surface area contributed by atoms with Gasteiger partial charge in [-0.15, -0.1) is 0 Å². The van der Waals surface area contributed by atoms with Crippen LogP contribution in [0, 0.1) is 0 Å². The van der Waals surface area contributed by atoms with Crippen molar-refractivity contribution in [3.8, 4) is 11.4 Å². The fourth-order valence-electron chi connectivity index (χ4n) is 1.83. The van der Waals surface area contributed by atoms with Gasteiger partial charge in [-0.3, -0.25) is 0 Å². The average molecular weight is 336 g/mol. The van der Waals surface area contributed by atoms with E-state index in [0.717, 1.165) is 5.56 Å². The van der Waals surface area contributed by atoms with Crippen LogP contribution in [0.3, 0.4) is 0 Å². The Morgan fingerprint density at radius 3 is 2.95 bits per heavy atom. The van der Waals surface area contributed by atoms with Gasteiger partial charge in [-0.25, -0.2) is 9.97 Å². The maximum atomic E-state index is 5.95. The van der Waals surface area contributed by atoms with Gasteiger partial charge in [0.1, 0.15) is 17.2 Å². The molecule has 0 fully saturated rings. The fourth-order valence-corrected chi connectivity index (χ4v) is 2.19. The first-order valence-corrected chi connectivity index (χ1v) is 7.26. The number of aromatic nitrogens is 4. The molecule has 112 valence electrons. The Kier molecular flexibility index (Phi) is 4.50. The zero-order valence-electron chi connectivity index (χ0n) is 11.3. The van der Waals surface area contributed by atoms with Crippen molar-refractivity contribution in [3.63, 3.8) is 0 Å². The van der Waals surface area contributed by atoms with Crippen molar-refractivity contribution in [3.05, 3.63) is 52.7 Å². The summed E-state index contributed by atoms with van der Waals surface area (Å²) in [6.45, 7) is 0.563. The van der Waals surface area contributed by atoms with E-state index in [1.54, 1.807) is 12.1 Å². The first-order valence-electron chi connectivity index (χ1n) is 6.50. The van der Waals surface area contributed by atoms with Crippen LogP contribution in [-0.4, -0.2) is 26.7 Å². The van der Waals surface area contributed by atoms with E-state index in [1.165, 1.54) is 12.5 Å². The summed E-state index contributed by atoms with van der Waals surface area (Å²) in [4.78, 5) is 12.2. The summed E-state index contributed by atoms with van der Waals surface area (Å²) in [5.41, 5.74) is 0.814. The minimum atomic E-state index is 0.465. The number of nitrogens with zero attached hydrogens (tertiary/aromatic N) is 4. The highest BCUT2D eigenvalue weighted by Crippen LogP contribution is 2.20. The number of halogens is 2. The van der Waals surface area contributed by atoms with Crippen LogP contribution in [-0.2, 0) is 6.42 Å². The van der Waals surface area contributed by atoms with Gasteiger partial charge in [-0.2, -0.15) is 4.98 Å². The van der Waals surface area contributed by atoms with E-state index in [2.05, 4.69) is 25.4 Å². The van der Waals surface area contributed by atoms with Gasteiger partial charge in [0.2, 0.25) is 11.7 Å². The van der Waals surface area contributed by atoms with Crippen molar-refractivity contribution in [2.24, 2.45) is 0 Å². The van der Waals surface area contributed by atoms with Crippen LogP contribution in [0.5, 0.6) is 0 Å². The van der Waals surface area contributed by atoms with Crippen LogP contribution in [0.15, 0.2) is 41.3 Å². The second-order valence-corrected chi connectivity index (χ2v) is 5.26. The van der Waals surface area contributed by atoms with E-state index in [1.807, 2.05) is 12.1 Å². The Morgan fingerprint density at radius 2 is 2.14 bits per heavy atom. The number of hydrogen-bond donors (Lipinski definition) is 1. The minimum Gasteiger partial charge on any atom is -0.368 e. The molecular weight excluding hydrogens is 325 g/mol. The van der Waals surface area contributed by atoms with Gasteiger partial charge >= 0.3 is 0 Å². The van der Waals surface area contributed by atoms with E-state index >= 15 is 0 Å². The molecule has 0 radical (unpaired) electrons. The third-order valence-electron chi connectivity index (χ3n) is 2.85. The Hall–Kier alpha value is -2.18. The zero-order valence-corrected chi connectivity index (χ0v) is 12.8. The molecule has 0 amide bonds. The molecule has 1 N–H and O–H groups in total. The van der Waals surface area contributed by atoms with Gasteiger partial charge in [0.25, 0.3) is 0 Å². The van der Waals surface area contributed by atoms with Crippen LogP contribution in [0.2, 0.25) is 10.0 Å². The predicted octanol–water partition coefficient (Wildman–Crippen LogP) is 3.49. The van der Waals surface area contributed by atoms with Crippen LogP contribution in [0.1, 0.15) is 5.89 Å². The lowest BCUT2D eigenvalue weighted by atomic mass is 10.2. The molecule has 0 saturated heterocycles. The quantitative estimate of drug-likeness (QED) is 0.769. The summed E-state index contributed by atoms with van der Waals surface area (Å²) in [5.74, 6) is 1.61. The Morgan fingerprint density at radius 1 is 1.23 bits per heavy atom. The molecule has 8 heteroatoms. The Labute approximate surface area is 136 Å². The van der Waals surface area contributed by atoms with Gasteiger partial charge < -0.3 is 9.84 Å². The molecule has 0 atom stereocenters. The van der Waals surface area contributed by atoms with E-state index < -0.39 is 0 Å². The number of nitrogens with one attached hydrogen (secondary N) is 1. The normalized spacial score (nSPS) is 10.6. The molecule has 0 aliphatic heterocycles. The third-order valence-corrected chi connectivity index (χ3v) is 3.36. The molecule has 0 bridgehead atoms. The average Bonchev–Trinajstić information content (AvgIpc) is 2.98. The molecule has 0 aliphatic rings. The fraction of sp³-hybridized carbons (Fsp3) is 0.143. The maximum Gasteiger partial charge on any atom is 0.228 e. The van der Waals surface area contributed by atoms with Gasteiger partial charge in [0, 0.05) is 23.6 Å². The second kappa shape index (κ2) is 6.72. The molecule has 3 rings (SSSR count). The smallest absolute Gasteiger partial charge is 0.228 e. The van der Waals surface area contributed by atoms with Crippen LogP contribution >= 0.6 is 23.2 Å². The molecule has 0 spiro atoms. The van der Waals surface area contributed by atoms with Gasteiger partial charge in [-0.1, -0.05) is 40.5 Å². The van der Waals surface area contributed by atoms with Crippen LogP contribution in [0.4, 0.5) is 5.82 Å². The molecule has 1 aromatic carbocycles. The zero-order chi connectivity index (χ0) is 15.4. The molecule has 0 aliphatic carbocycles. The number of rotatable bonds is 5. The number of benzene rings is 1. The van der Waals surface area contributed by atoms with Crippen molar-refractivity contribution < 1.29 is 4.52 Å². The van der Waals surface area contributed by atoms with Gasteiger partial charge in [-0.05, 0) is 12.1 Å². The highest BCUT2D eigenvalue weighted by Gasteiger charge is 2.09. The topological polar surface area (TPSA) is 76.7 Å². The van der Waals surface area contributed by atoms with Crippen molar-refractivity contribution in [2.75, 3.05) is 11.9 Å². The van der Waals surface area contributed by atoms with Crippen LogP contribution < -0.4 is 5.32 Å². The first-order chi connectivity index (χ1) is 10.7. The molecular formula is C14H11Cl2N5O. The molecule has 2 aromatic heterocycles. The predicted molar refractivity (Wildman–Crippen MR) is 84.0 cm³/mol. The molecule has 0 saturated carbocycles. The van der Waals surface area contributed by atoms with Crippen molar-refractivity contribution >= 4 is 29.0 Å². The van der Waals surface area contributed by atoms with Crippen molar-refractivity contribution in [1.29, 1.82) is 0 Å². The molecule has 2 heterocycles. The number of hydrogen-bond acceptors (Lipinski definition) is 6. The lowest BCUT2D eigenvalue weighted by Gasteiger charge is -2.03. The third kappa shape index (κ3) is 3.52. The summed E-state index contributed by atoms with van der Waals surface area (Å²) < 4.78 is 5.22. The molecule has 6 nitrogen and oxygen atoms in total. The van der Waals surface area contributed by atoms with Crippen LogP contribution in [0.25, 0.3) is 11.4 Å². The first kappa shape index (κ1) is 14.7. The summed E-state index contributed by atoms with van der Waals surface area (Å²) in [5, 5.41) is 8.13. The lowest BCUT2D eigenvalue weighted by molar-refractivity contribution is 0.381. The summed E-state index contributed by atoms with van der Waals surface area (Å²) in [6.07, 6.45) is 3.51. The lowest BCUT2D eigenvalue weighted by Crippen LogP contribution is -2.07. The van der Waals surface area contributed by atoms with E-state index in [0.29, 0.717) is 40.5 Å². The maximum absolute atomic E-state index is 5.95. The molecule has 0 unspecified atom stereocenters. The largest absolute Gasteiger partial charge is 0.368 e. The molecule has 22 heavy (non-hydrogen) atoms. The summed E-state index contributed by atoms with van der Waals surface area (Å²) >= 11 is 11.9. The number of anilines is 1. The van der Waals surface area contributed by atoms with Crippen molar-refractivity contribution in [1.82, 2.24) is 20.1 Å². The van der Waals surface area contributed by atoms with E-state index in [-0.39, 0.29) is 0 Å². The standard InChI is InChI=1S/C14H11Cl2N5O/c15-10-3-1-2-9(6-10)13-20-12(22-21-13)4-5-18-14-11(16)7-17-8-19-14/h1-3,6-8H,4-5H2,(H,17,18,19). The Balaban J connectivity index is 1.62. The highest BCUT2D eigenvalue weighted by atomic mass is 35.5. The van der Waals surface area contributed by atoms with Gasteiger partial charge in [0.05, 0.1) is 6.20 Å². The second-order valence-electron chi connectivity index (χ2n) is 4.42. The van der Waals surface area contributed by atoms with E-state index in [9.17, 15) is 0 Å². The monoisotopic (exact) mass is 335 g/mol. The van der Waals surface area contributed by atoms with Gasteiger partial charge in [0.15, 0.2) is 0 Å².